The lowest BCUT2D eigenvalue weighted by atomic mass is 10.4. The Morgan fingerprint density at radius 1 is 1.40 bits per heavy atom. The van der Waals surface area contributed by atoms with Crippen molar-refractivity contribution in [2.45, 2.75) is 6.42 Å². The largest absolute Gasteiger partial charge is 0.370 e. The number of hydrogen-bond donors (Lipinski definition) is 1. The van der Waals surface area contributed by atoms with Gasteiger partial charge in [0.2, 0.25) is 5.89 Å². The summed E-state index contributed by atoms with van der Waals surface area (Å²) in [7, 11) is 0. The Balaban J connectivity index is 1.83. The lowest BCUT2D eigenvalue weighted by Crippen LogP contribution is -2.06. The molecule has 15 heavy (non-hydrogen) atoms. The Morgan fingerprint density at radius 2 is 2.33 bits per heavy atom. The minimum atomic E-state index is 0.470. The van der Waals surface area contributed by atoms with E-state index in [1.54, 1.807) is 6.07 Å². The second kappa shape index (κ2) is 4.75. The summed E-state index contributed by atoms with van der Waals surface area (Å²) in [6.45, 7) is 0.676. The Kier molecular flexibility index (Phi) is 3.14. The Hall–Kier alpha value is -1.62. The summed E-state index contributed by atoms with van der Waals surface area (Å²) in [5.74, 6) is 1.34. The zero-order valence-electron chi connectivity index (χ0n) is 7.85. The first-order valence-corrected chi connectivity index (χ1v) is 4.84. The van der Waals surface area contributed by atoms with E-state index in [4.69, 9.17) is 16.1 Å². The summed E-state index contributed by atoms with van der Waals surface area (Å²) in [4.78, 5) is 7.98. The standard InChI is InChI=1S/C9H9ClN4O/c10-7-2-1-3-8(14-7)11-5-4-9-12-6-13-15-9/h1-3,6H,4-5H2,(H,11,14). The van der Waals surface area contributed by atoms with Gasteiger partial charge in [-0.05, 0) is 12.1 Å². The molecule has 0 saturated carbocycles. The molecule has 0 aliphatic carbocycles. The van der Waals surface area contributed by atoms with Gasteiger partial charge in [-0.3, -0.25) is 0 Å². The first-order valence-electron chi connectivity index (χ1n) is 4.46. The molecule has 0 aliphatic heterocycles. The number of nitrogens with one attached hydrogen (secondary N) is 1. The maximum absolute atomic E-state index is 5.73. The normalized spacial score (nSPS) is 10.2. The SMILES string of the molecule is Clc1cccc(NCCc2ncno2)n1. The van der Waals surface area contributed by atoms with Crippen molar-refractivity contribution < 1.29 is 4.52 Å². The fourth-order valence-electron chi connectivity index (χ4n) is 1.11. The van der Waals surface area contributed by atoms with E-state index in [2.05, 4.69) is 20.4 Å². The molecule has 0 bridgehead atoms. The van der Waals surface area contributed by atoms with Crippen LogP contribution in [0.3, 0.4) is 0 Å². The molecule has 0 saturated heterocycles. The number of nitrogens with zero attached hydrogens (tertiary/aromatic N) is 3. The van der Waals surface area contributed by atoms with Gasteiger partial charge in [-0.1, -0.05) is 22.8 Å². The maximum Gasteiger partial charge on any atom is 0.228 e. The van der Waals surface area contributed by atoms with Crippen molar-refractivity contribution in [3.05, 3.63) is 35.6 Å². The van der Waals surface area contributed by atoms with E-state index in [9.17, 15) is 0 Å². The molecular formula is C9H9ClN4O. The van der Waals surface area contributed by atoms with Crippen molar-refractivity contribution in [1.29, 1.82) is 0 Å². The van der Waals surface area contributed by atoms with E-state index in [1.165, 1.54) is 6.33 Å². The third-order valence-corrected chi connectivity index (χ3v) is 1.98. The number of rotatable bonds is 4. The third-order valence-electron chi connectivity index (χ3n) is 1.77. The number of aromatic nitrogens is 3. The molecule has 2 rings (SSSR count). The highest BCUT2D eigenvalue weighted by molar-refractivity contribution is 6.29. The number of halogens is 1. The summed E-state index contributed by atoms with van der Waals surface area (Å²) >= 11 is 5.73. The van der Waals surface area contributed by atoms with E-state index in [0.717, 1.165) is 5.82 Å². The van der Waals surface area contributed by atoms with E-state index < -0.39 is 0 Å². The topological polar surface area (TPSA) is 63.8 Å². The molecule has 0 fully saturated rings. The van der Waals surface area contributed by atoms with Crippen molar-refractivity contribution in [2.75, 3.05) is 11.9 Å². The minimum Gasteiger partial charge on any atom is -0.370 e. The van der Waals surface area contributed by atoms with Crippen LogP contribution in [0, 0.1) is 0 Å². The molecule has 5 nitrogen and oxygen atoms in total. The van der Waals surface area contributed by atoms with Gasteiger partial charge in [0, 0.05) is 13.0 Å². The van der Waals surface area contributed by atoms with Gasteiger partial charge in [0.05, 0.1) is 0 Å². The van der Waals surface area contributed by atoms with Crippen molar-refractivity contribution >= 4 is 17.4 Å². The van der Waals surface area contributed by atoms with Crippen LogP contribution in [-0.4, -0.2) is 21.7 Å². The predicted molar refractivity (Wildman–Crippen MR) is 55.7 cm³/mol. The highest BCUT2D eigenvalue weighted by atomic mass is 35.5. The number of anilines is 1. The molecule has 0 amide bonds. The molecule has 0 spiro atoms. The smallest absolute Gasteiger partial charge is 0.228 e. The van der Waals surface area contributed by atoms with Crippen molar-refractivity contribution in [1.82, 2.24) is 15.1 Å². The van der Waals surface area contributed by atoms with Crippen LogP contribution in [0.2, 0.25) is 5.15 Å². The summed E-state index contributed by atoms with van der Waals surface area (Å²) in [5.41, 5.74) is 0. The molecule has 1 N–H and O–H groups in total. The van der Waals surface area contributed by atoms with Gasteiger partial charge in [-0.15, -0.1) is 0 Å². The summed E-state index contributed by atoms with van der Waals surface area (Å²) < 4.78 is 4.85. The first-order chi connectivity index (χ1) is 7.34. The van der Waals surface area contributed by atoms with Crippen LogP contribution >= 0.6 is 11.6 Å². The van der Waals surface area contributed by atoms with Crippen LogP contribution in [0.15, 0.2) is 29.0 Å². The Bertz CT molecular complexity index is 418. The van der Waals surface area contributed by atoms with E-state index >= 15 is 0 Å². The molecule has 2 aromatic heterocycles. The lowest BCUT2D eigenvalue weighted by molar-refractivity contribution is 0.379. The highest BCUT2D eigenvalue weighted by Crippen LogP contribution is 2.08. The average molecular weight is 225 g/mol. The highest BCUT2D eigenvalue weighted by Gasteiger charge is 1.99. The summed E-state index contributed by atoms with van der Waals surface area (Å²) in [6, 6.07) is 5.41. The van der Waals surface area contributed by atoms with E-state index in [1.807, 2.05) is 12.1 Å². The Labute approximate surface area is 91.5 Å². The van der Waals surface area contributed by atoms with Gasteiger partial charge in [0.15, 0.2) is 6.33 Å². The molecule has 0 unspecified atom stereocenters. The minimum absolute atomic E-state index is 0.470. The van der Waals surface area contributed by atoms with Crippen molar-refractivity contribution in [3.63, 3.8) is 0 Å². The zero-order chi connectivity index (χ0) is 10.5. The second-order valence-corrected chi connectivity index (χ2v) is 3.24. The molecular weight excluding hydrogens is 216 g/mol. The van der Waals surface area contributed by atoms with Gasteiger partial charge in [-0.25, -0.2) is 4.98 Å². The molecule has 78 valence electrons. The molecule has 0 aromatic carbocycles. The van der Waals surface area contributed by atoms with Crippen molar-refractivity contribution in [3.8, 4) is 0 Å². The van der Waals surface area contributed by atoms with Crippen LogP contribution in [0.25, 0.3) is 0 Å². The van der Waals surface area contributed by atoms with Gasteiger partial charge in [0.25, 0.3) is 0 Å². The number of hydrogen-bond acceptors (Lipinski definition) is 5. The zero-order valence-corrected chi connectivity index (χ0v) is 8.61. The molecule has 6 heteroatoms. The van der Waals surface area contributed by atoms with Gasteiger partial charge in [0.1, 0.15) is 11.0 Å². The van der Waals surface area contributed by atoms with Crippen molar-refractivity contribution in [2.24, 2.45) is 0 Å². The molecule has 0 radical (unpaired) electrons. The van der Waals surface area contributed by atoms with E-state index in [-0.39, 0.29) is 0 Å². The van der Waals surface area contributed by atoms with E-state index in [0.29, 0.717) is 24.0 Å². The average Bonchev–Trinajstić information content (AvgIpc) is 2.71. The third kappa shape index (κ3) is 2.92. The maximum atomic E-state index is 5.73. The number of pyridine rings is 1. The fourth-order valence-corrected chi connectivity index (χ4v) is 1.27. The van der Waals surface area contributed by atoms with Crippen LogP contribution in [0.1, 0.15) is 5.89 Å². The van der Waals surface area contributed by atoms with Gasteiger partial charge >= 0.3 is 0 Å². The molecule has 0 aliphatic rings. The lowest BCUT2D eigenvalue weighted by Gasteiger charge is -2.02. The van der Waals surface area contributed by atoms with Crippen LogP contribution in [-0.2, 0) is 6.42 Å². The monoisotopic (exact) mass is 224 g/mol. The predicted octanol–water partition coefficient (Wildman–Crippen LogP) is 1.77. The van der Waals surface area contributed by atoms with Crippen LogP contribution in [0.4, 0.5) is 5.82 Å². The first kappa shape index (κ1) is 9.92. The van der Waals surface area contributed by atoms with Crippen LogP contribution in [0.5, 0.6) is 0 Å². The Morgan fingerprint density at radius 3 is 3.07 bits per heavy atom. The molecule has 2 heterocycles. The summed E-state index contributed by atoms with van der Waals surface area (Å²) in [5, 5.41) is 7.08. The molecule has 2 aromatic rings. The van der Waals surface area contributed by atoms with Gasteiger partial charge < -0.3 is 9.84 Å². The van der Waals surface area contributed by atoms with Crippen LogP contribution < -0.4 is 5.32 Å². The fraction of sp³-hybridized carbons (Fsp3) is 0.222. The quantitative estimate of drug-likeness (QED) is 0.802. The summed E-state index contributed by atoms with van der Waals surface area (Å²) in [6.07, 6.45) is 2.04. The second-order valence-electron chi connectivity index (χ2n) is 2.86. The van der Waals surface area contributed by atoms with Gasteiger partial charge in [-0.2, -0.15) is 4.98 Å². The molecule has 0 atom stereocenters.